The highest BCUT2D eigenvalue weighted by molar-refractivity contribution is 5.39. The topological polar surface area (TPSA) is 21.3 Å². The predicted octanol–water partition coefficient (Wildman–Crippen LogP) is 3.58. The van der Waals surface area contributed by atoms with Crippen molar-refractivity contribution >= 4 is 0 Å². The molecule has 0 aromatic heterocycles. The molecule has 2 rings (SSSR count). The number of nitrogens with one attached hydrogen (secondary N) is 1. The van der Waals surface area contributed by atoms with Gasteiger partial charge in [0.1, 0.15) is 5.75 Å². The highest BCUT2D eigenvalue weighted by Crippen LogP contribution is 2.33. The van der Waals surface area contributed by atoms with Gasteiger partial charge < -0.3 is 10.1 Å². The number of ether oxygens (including phenoxy) is 1. The van der Waals surface area contributed by atoms with Crippen LogP contribution in [0, 0.1) is 5.92 Å². The molecule has 0 saturated carbocycles. The van der Waals surface area contributed by atoms with E-state index in [0.29, 0.717) is 12.0 Å². The van der Waals surface area contributed by atoms with Crippen LogP contribution in [-0.2, 0) is 0 Å². The average molecular weight is 247 g/mol. The lowest BCUT2D eigenvalue weighted by Gasteiger charge is -2.24. The first-order valence-electron chi connectivity index (χ1n) is 7.21. The minimum Gasteiger partial charge on any atom is -0.493 e. The Hall–Kier alpha value is -1.02. The first-order chi connectivity index (χ1) is 8.76. The Bertz CT molecular complexity index is 373. The van der Waals surface area contributed by atoms with Crippen LogP contribution >= 0.6 is 0 Å². The first-order valence-corrected chi connectivity index (χ1v) is 7.21. The molecule has 2 nitrogen and oxygen atoms in total. The highest BCUT2D eigenvalue weighted by Gasteiger charge is 2.24. The summed E-state index contributed by atoms with van der Waals surface area (Å²) in [5, 5.41) is 3.69. The molecule has 0 amide bonds. The van der Waals surface area contributed by atoms with E-state index in [-0.39, 0.29) is 0 Å². The van der Waals surface area contributed by atoms with E-state index in [1.165, 1.54) is 18.4 Å². The second-order valence-electron chi connectivity index (χ2n) is 5.32. The van der Waals surface area contributed by atoms with Gasteiger partial charge in [0.05, 0.1) is 6.61 Å². The van der Waals surface area contributed by atoms with E-state index in [1.807, 2.05) is 6.07 Å². The molecule has 0 spiro atoms. The Kier molecular flexibility index (Phi) is 4.65. The van der Waals surface area contributed by atoms with Crippen molar-refractivity contribution in [2.24, 2.45) is 5.92 Å². The molecule has 100 valence electrons. The molecular weight excluding hydrogens is 222 g/mol. The van der Waals surface area contributed by atoms with Gasteiger partial charge in [0.2, 0.25) is 0 Å². The van der Waals surface area contributed by atoms with Crippen LogP contribution in [0.5, 0.6) is 5.75 Å². The molecule has 1 aliphatic heterocycles. The van der Waals surface area contributed by atoms with E-state index in [1.54, 1.807) is 0 Å². The maximum absolute atomic E-state index is 5.72. The van der Waals surface area contributed by atoms with Crippen molar-refractivity contribution in [3.63, 3.8) is 0 Å². The zero-order valence-electron chi connectivity index (χ0n) is 11.8. The van der Waals surface area contributed by atoms with E-state index in [2.05, 4.69) is 44.3 Å². The number of para-hydroxylation sites is 1. The van der Waals surface area contributed by atoms with Gasteiger partial charge in [-0.15, -0.1) is 0 Å². The molecule has 1 N–H and O–H groups in total. The summed E-state index contributed by atoms with van der Waals surface area (Å²) in [6.45, 7) is 8.71. The van der Waals surface area contributed by atoms with E-state index in [9.17, 15) is 0 Å². The summed E-state index contributed by atoms with van der Waals surface area (Å²) in [6, 6.07) is 9.00. The molecule has 2 heteroatoms. The fraction of sp³-hybridized carbons (Fsp3) is 0.625. The van der Waals surface area contributed by atoms with Gasteiger partial charge in [-0.2, -0.15) is 0 Å². The highest BCUT2D eigenvalue weighted by atomic mass is 16.5. The Labute approximate surface area is 111 Å². The van der Waals surface area contributed by atoms with Crippen LogP contribution in [0.25, 0.3) is 0 Å². The zero-order valence-corrected chi connectivity index (χ0v) is 11.8. The summed E-state index contributed by atoms with van der Waals surface area (Å²) >= 11 is 0. The largest absolute Gasteiger partial charge is 0.493 e. The molecule has 1 aliphatic rings. The number of rotatable bonds is 6. The van der Waals surface area contributed by atoms with E-state index < -0.39 is 0 Å². The van der Waals surface area contributed by atoms with Crippen molar-refractivity contribution < 1.29 is 4.74 Å². The van der Waals surface area contributed by atoms with E-state index >= 15 is 0 Å². The normalized spacial score (nSPS) is 19.7. The Morgan fingerprint density at radius 2 is 2.00 bits per heavy atom. The Balaban J connectivity index is 1.89. The fourth-order valence-electron chi connectivity index (χ4n) is 2.89. The number of benzene rings is 1. The minimum atomic E-state index is 0.512. The molecule has 2 atom stereocenters. The second kappa shape index (κ2) is 6.24. The van der Waals surface area contributed by atoms with Crippen molar-refractivity contribution in [3.8, 4) is 5.75 Å². The summed E-state index contributed by atoms with van der Waals surface area (Å²) in [7, 11) is 0. The Morgan fingerprint density at radius 3 is 2.72 bits per heavy atom. The van der Waals surface area contributed by atoms with Gasteiger partial charge in [0.25, 0.3) is 0 Å². The van der Waals surface area contributed by atoms with Gasteiger partial charge in [-0.05, 0) is 18.9 Å². The van der Waals surface area contributed by atoms with Crippen molar-refractivity contribution in [2.45, 2.75) is 45.6 Å². The van der Waals surface area contributed by atoms with Crippen molar-refractivity contribution in [3.05, 3.63) is 29.8 Å². The molecule has 1 aromatic rings. The third kappa shape index (κ3) is 2.86. The van der Waals surface area contributed by atoms with Crippen molar-refractivity contribution in [1.29, 1.82) is 0 Å². The molecule has 1 heterocycles. The summed E-state index contributed by atoms with van der Waals surface area (Å²) in [6.07, 6.45) is 2.50. The molecule has 2 unspecified atom stereocenters. The molecular formula is C16H25NO. The zero-order chi connectivity index (χ0) is 13.0. The first kappa shape index (κ1) is 13.4. The summed E-state index contributed by atoms with van der Waals surface area (Å²) in [5.41, 5.74) is 1.36. The monoisotopic (exact) mass is 247 g/mol. The third-order valence-electron chi connectivity index (χ3n) is 4.24. The standard InChI is InChI=1S/C16H25NO/c1-4-13(5-2)12(3)17-10-14-11-18-16-9-7-6-8-15(14)16/h6-9,12-14,17H,4-5,10-11H2,1-3H3. The lowest BCUT2D eigenvalue weighted by Crippen LogP contribution is -2.36. The summed E-state index contributed by atoms with van der Waals surface area (Å²) < 4.78 is 5.72. The van der Waals surface area contributed by atoms with E-state index in [4.69, 9.17) is 4.74 Å². The number of hydrogen-bond donors (Lipinski definition) is 1. The van der Waals surface area contributed by atoms with Gasteiger partial charge in [0, 0.05) is 24.1 Å². The maximum Gasteiger partial charge on any atom is 0.122 e. The van der Waals surface area contributed by atoms with Crippen LogP contribution in [-0.4, -0.2) is 19.2 Å². The number of fused-ring (bicyclic) bond motifs is 1. The lowest BCUT2D eigenvalue weighted by atomic mass is 9.94. The van der Waals surface area contributed by atoms with Crippen molar-refractivity contribution in [2.75, 3.05) is 13.2 Å². The molecule has 0 aliphatic carbocycles. The molecule has 0 saturated heterocycles. The smallest absolute Gasteiger partial charge is 0.122 e. The number of hydrogen-bond acceptors (Lipinski definition) is 2. The van der Waals surface area contributed by atoms with Crippen LogP contribution in [0.2, 0.25) is 0 Å². The van der Waals surface area contributed by atoms with Gasteiger partial charge >= 0.3 is 0 Å². The summed E-state index contributed by atoms with van der Waals surface area (Å²) in [4.78, 5) is 0. The van der Waals surface area contributed by atoms with Crippen LogP contribution in [0.3, 0.4) is 0 Å². The van der Waals surface area contributed by atoms with Gasteiger partial charge in [-0.3, -0.25) is 0 Å². The van der Waals surface area contributed by atoms with Crippen molar-refractivity contribution in [1.82, 2.24) is 5.32 Å². The molecule has 0 bridgehead atoms. The quantitative estimate of drug-likeness (QED) is 0.829. The predicted molar refractivity (Wildman–Crippen MR) is 76.2 cm³/mol. The van der Waals surface area contributed by atoms with E-state index in [0.717, 1.165) is 24.8 Å². The molecule has 1 aromatic carbocycles. The summed E-state index contributed by atoms with van der Waals surface area (Å²) in [5.74, 6) is 2.36. The average Bonchev–Trinajstić information content (AvgIpc) is 2.81. The SMILES string of the molecule is CCC(CC)C(C)NCC1COc2ccccc21. The van der Waals surface area contributed by atoms with Crippen LogP contribution in [0.4, 0.5) is 0 Å². The van der Waals surface area contributed by atoms with Crippen LogP contribution < -0.4 is 10.1 Å². The van der Waals surface area contributed by atoms with Gasteiger partial charge in [-0.25, -0.2) is 0 Å². The van der Waals surface area contributed by atoms with Crippen LogP contribution in [0.1, 0.15) is 45.1 Å². The minimum absolute atomic E-state index is 0.512. The third-order valence-corrected chi connectivity index (χ3v) is 4.24. The molecule has 18 heavy (non-hydrogen) atoms. The van der Waals surface area contributed by atoms with Gasteiger partial charge in [0.15, 0.2) is 0 Å². The van der Waals surface area contributed by atoms with Crippen LogP contribution in [0.15, 0.2) is 24.3 Å². The fourth-order valence-corrected chi connectivity index (χ4v) is 2.89. The Morgan fingerprint density at radius 1 is 1.28 bits per heavy atom. The van der Waals surface area contributed by atoms with Gasteiger partial charge in [-0.1, -0.05) is 44.9 Å². The second-order valence-corrected chi connectivity index (χ2v) is 5.32. The molecule has 0 fully saturated rings. The molecule has 0 radical (unpaired) electrons. The maximum atomic E-state index is 5.72. The lowest BCUT2D eigenvalue weighted by molar-refractivity contribution is 0.305.